The molecule has 7 nitrogen and oxygen atoms in total. The van der Waals surface area contributed by atoms with E-state index in [0.29, 0.717) is 6.54 Å². The monoisotopic (exact) mass is 457 g/mol. The van der Waals surface area contributed by atoms with E-state index in [4.69, 9.17) is 4.74 Å². The first-order valence-corrected chi connectivity index (χ1v) is 8.05. The lowest BCUT2D eigenvalue weighted by atomic mass is 10.1. The Morgan fingerprint density at radius 3 is 2.17 bits per heavy atom. The maximum Gasteiger partial charge on any atom is 0.408 e. The van der Waals surface area contributed by atoms with E-state index in [1.165, 1.54) is 0 Å². The van der Waals surface area contributed by atoms with Crippen molar-refractivity contribution < 1.29 is 9.53 Å². The summed E-state index contributed by atoms with van der Waals surface area (Å²) in [5.74, 6) is 0.725. The van der Waals surface area contributed by atoms with Crippen LogP contribution in [0.5, 0.6) is 0 Å². The molecular formula is C16H36IN5O2. The summed E-state index contributed by atoms with van der Waals surface area (Å²) in [6.07, 6.45) is 0.617. The maximum absolute atomic E-state index is 11.9. The van der Waals surface area contributed by atoms with Crippen LogP contribution in [0.1, 0.15) is 41.0 Å². The normalized spacial score (nSPS) is 12.5. The van der Waals surface area contributed by atoms with Crippen LogP contribution in [0.3, 0.4) is 0 Å². The van der Waals surface area contributed by atoms with Crippen LogP contribution in [0.4, 0.5) is 4.79 Å². The van der Waals surface area contributed by atoms with Crippen molar-refractivity contribution in [1.29, 1.82) is 0 Å². The number of rotatable bonds is 7. The molecule has 0 aromatic heterocycles. The molecule has 0 saturated carbocycles. The van der Waals surface area contributed by atoms with Gasteiger partial charge in [0.2, 0.25) is 0 Å². The molecule has 0 aromatic carbocycles. The number of ether oxygens (including phenoxy) is 1. The van der Waals surface area contributed by atoms with Gasteiger partial charge in [0, 0.05) is 20.1 Å². The Morgan fingerprint density at radius 2 is 1.71 bits per heavy atom. The van der Waals surface area contributed by atoms with Crippen molar-refractivity contribution in [2.24, 2.45) is 4.99 Å². The molecule has 144 valence electrons. The van der Waals surface area contributed by atoms with Gasteiger partial charge in [-0.05, 0) is 61.7 Å². The first-order valence-electron chi connectivity index (χ1n) is 8.05. The summed E-state index contributed by atoms with van der Waals surface area (Å²) in [5.41, 5.74) is -0.957. The molecule has 8 heteroatoms. The largest absolute Gasteiger partial charge is 0.444 e. The average Bonchev–Trinajstić information content (AvgIpc) is 2.34. The van der Waals surface area contributed by atoms with Crippen LogP contribution >= 0.6 is 24.0 Å². The van der Waals surface area contributed by atoms with Crippen LogP contribution < -0.4 is 16.0 Å². The highest BCUT2D eigenvalue weighted by Crippen LogP contribution is 2.09. The minimum Gasteiger partial charge on any atom is -0.444 e. The number of aliphatic imine (C=N–C) groups is 1. The lowest BCUT2D eigenvalue weighted by molar-refractivity contribution is 0.0474. The minimum atomic E-state index is -0.502. The lowest BCUT2D eigenvalue weighted by Crippen LogP contribution is -2.54. The fraction of sp³-hybridized carbons (Fsp3) is 0.875. The summed E-state index contributed by atoms with van der Waals surface area (Å²) in [4.78, 5) is 18.2. The standard InChI is InChI=1S/C16H35N5O2.HI/c1-15(2,3)23-14(22)20-16(4,5)12-19-13(17-6)18-10-9-11-21(7)8;/h9-12H2,1-8H3,(H,20,22)(H2,17,18,19);1H. The van der Waals surface area contributed by atoms with Gasteiger partial charge in [0.25, 0.3) is 0 Å². The number of amides is 1. The Morgan fingerprint density at radius 1 is 1.12 bits per heavy atom. The molecule has 0 aromatic rings. The van der Waals surface area contributed by atoms with E-state index in [-0.39, 0.29) is 24.0 Å². The number of guanidine groups is 1. The third-order valence-corrected chi connectivity index (χ3v) is 2.84. The molecule has 3 N–H and O–H groups in total. The number of halogens is 1. The molecule has 0 radical (unpaired) electrons. The molecule has 0 saturated heterocycles. The number of hydrogen-bond donors (Lipinski definition) is 3. The van der Waals surface area contributed by atoms with Crippen LogP contribution in [0.2, 0.25) is 0 Å². The quantitative estimate of drug-likeness (QED) is 0.236. The zero-order valence-corrected chi connectivity index (χ0v) is 18.8. The molecule has 0 rings (SSSR count). The predicted octanol–water partition coefficient (Wildman–Crippen LogP) is 2.02. The number of nitrogens with one attached hydrogen (secondary N) is 3. The van der Waals surface area contributed by atoms with Crippen molar-refractivity contribution in [3.05, 3.63) is 0 Å². The van der Waals surface area contributed by atoms with E-state index in [1.54, 1.807) is 7.05 Å². The van der Waals surface area contributed by atoms with Gasteiger partial charge in [-0.1, -0.05) is 0 Å². The maximum atomic E-state index is 11.9. The SMILES string of the molecule is CN=C(NCCCN(C)C)NCC(C)(C)NC(=O)OC(C)(C)C.I. The van der Waals surface area contributed by atoms with Gasteiger partial charge in [-0.3, -0.25) is 4.99 Å². The molecule has 0 unspecified atom stereocenters. The Bertz CT molecular complexity index is 392. The molecule has 1 amide bonds. The van der Waals surface area contributed by atoms with Gasteiger partial charge in [0.1, 0.15) is 5.60 Å². The fourth-order valence-corrected chi connectivity index (χ4v) is 1.75. The Hall–Kier alpha value is -0.770. The van der Waals surface area contributed by atoms with Gasteiger partial charge >= 0.3 is 6.09 Å². The third-order valence-electron chi connectivity index (χ3n) is 2.84. The second-order valence-corrected chi connectivity index (χ2v) is 7.52. The molecule has 24 heavy (non-hydrogen) atoms. The van der Waals surface area contributed by atoms with Crippen molar-refractivity contribution >= 4 is 36.0 Å². The van der Waals surface area contributed by atoms with Crippen LogP contribution in [0.15, 0.2) is 4.99 Å². The minimum absolute atomic E-state index is 0. The second kappa shape index (κ2) is 11.7. The Kier molecular flexibility index (Phi) is 12.4. The van der Waals surface area contributed by atoms with Crippen molar-refractivity contribution in [2.45, 2.75) is 52.2 Å². The molecule has 0 aliphatic rings. The van der Waals surface area contributed by atoms with Crippen LogP contribution in [-0.4, -0.2) is 68.9 Å². The number of nitrogens with zero attached hydrogens (tertiary/aromatic N) is 2. The van der Waals surface area contributed by atoms with Crippen molar-refractivity contribution in [1.82, 2.24) is 20.9 Å². The predicted molar refractivity (Wildman–Crippen MR) is 111 cm³/mol. The second-order valence-electron chi connectivity index (χ2n) is 7.52. The highest BCUT2D eigenvalue weighted by atomic mass is 127. The molecule has 0 aliphatic heterocycles. The van der Waals surface area contributed by atoms with Crippen LogP contribution in [-0.2, 0) is 4.74 Å². The van der Waals surface area contributed by atoms with E-state index in [9.17, 15) is 4.79 Å². The molecule has 0 spiro atoms. The Balaban J connectivity index is 0. The highest BCUT2D eigenvalue weighted by Gasteiger charge is 2.24. The number of carbonyl (C=O) groups is 1. The summed E-state index contributed by atoms with van der Waals surface area (Å²) in [7, 11) is 5.84. The van der Waals surface area contributed by atoms with E-state index in [2.05, 4.69) is 39.9 Å². The third kappa shape index (κ3) is 14.8. The summed E-state index contributed by atoms with van der Waals surface area (Å²) in [5, 5.41) is 9.34. The zero-order chi connectivity index (χ0) is 18.1. The number of hydrogen-bond acceptors (Lipinski definition) is 4. The topological polar surface area (TPSA) is 78.0 Å². The van der Waals surface area contributed by atoms with E-state index in [0.717, 1.165) is 25.5 Å². The molecular weight excluding hydrogens is 421 g/mol. The van der Waals surface area contributed by atoms with Crippen molar-refractivity contribution in [2.75, 3.05) is 40.8 Å². The summed E-state index contributed by atoms with van der Waals surface area (Å²) < 4.78 is 5.28. The van der Waals surface area contributed by atoms with Gasteiger partial charge in [-0.2, -0.15) is 0 Å². The lowest BCUT2D eigenvalue weighted by Gasteiger charge is -2.29. The van der Waals surface area contributed by atoms with Gasteiger partial charge in [-0.15, -0.1) is 24.0 Å². The number of alkyl carbamates (subject to hydrolysis) is 1. The molecule has 0 atom stereocenters. The summed E-state index contributed by atoms with van der Waals surface area (Å²) in [6.45, 7) is 11.8. The number of carbonyl (C=O) groups excluding carboxylic acids is 1. The molecule has 0 heterocycles. The molecule has 0 fully saturated rings. The van der Waals surface area contributed by atoms with Gasteiger partial charge in [0.05, 0.1) is 5.54 Å². The highest BCUT2D eigenvalue weighted by molar-refractivity contribution is 14.0. The average molecular weight is 457 g/mol. The van der Waals surface area contributed by atoms with Crippen LogP contribution in [0, 0.1) is 0 Å². The van der Waals surface area contributed by atoms with Gasteiger partial charge in [-0.25, -0.2) is 4.79 Å². The van der Waals surface area contributed by atoms with E-state index in [1.807, 2.05) is 34.6 Å². The van der Waals surface area contributed by atoms with Crippen molar-refractivity contribution in [3.8, 4) is 0 Å². The molecule has 0 bridgehead atoms. The zero-order valence-electron chi connectivity index (χ0n) is 16.4. The van der Waals surface area contributed by atoms with Gasteiger partial charge in [0.15, 0.2) is 5.96 Å². The fourth-order valence-electron chi connectivity index (χ4n) is 1.75. The van der Waals surface area contributed by atoms with Crippen LogP contribution in [0.25, 0.3) is 0 Å². The Labute approximate surface area is 164 Å². The van der Waals surface area contributed by atoms with Gasteiger partial charge < -0.3 is 25.6 Å². The summed E-state index contributed by atoms with van der Waals surface area (Å²) in [6, 6.07) is 0. The van der Waals surface area contributed by atoms with E-state index >= 15 is 0 Å². The summed E-state index contributed by atoms with van der Waals surface area (Å²) >= 11 is 0. The first kappa shape index (κ1) is 25.5. The smallest absolute Gasteiger partial charge is 0.408 e. The molecule has 0 aliphatic carbocycles. The first-order chi connectivity index (χ1) is 10.4. The van der Waals surface area contributed by atoms with Crippen molar-refractivity contribution in [3.63, 3.8) is 0 Å². The van der Waals surface area contributed by atoms with E-state index < -0.39 is 17.2 Å².